The number of hydrogen-bond donors (Lipinski definition) is 2. The van der Waals surface area contributed by atoms with E-state index >= 15 is 0 Å². The first kappa shape index (κ1) is 20.6. The van der Waals surface area contributed by atoms with Crippen molar-refractivity contribution >= 4 is 0 Å². The van der Waals surface area contributed by atoms with Crippen LogP contribution in [0.15, 0.2) is 60.7 Å². The van der Waals surface area contributed by atoms with Crippen LogP contribution in [-0.2, 0) is 13.0 Å². The smallest absolute Gasteiger partial charge is 0.164 e. The zero-order valence-electron chi connectivity index (χ0n) is 17.1. The van der Waals surface area contributed by atoms with E-state index in [0.717, 1.165) is 41.0 Å². The number of phenols is 1. The van der Waals surface area contributed by atoms with E-state index in [0.29, 0.717) is 23.8 Å². The van der Waals surface area contributed by atoms with Gasteiger partial charge in [0.05, 0.1) is 21.3 Å². The lowest BCUT2D eigenvalue weighted by Gasteiger charge is -2.15. The molecule has 0 radical (unpaired) electrons. The van der Waals surface area contributed by atoms with Crippen LogP contribution in [0.25, 0.3) is 11.1 Å². The summed E-state index contributed by atoms with van der Waals surface area (Å²) in [7, 11) is 4.87. The molecule has 0 saturated carbocycles. The number of hydrogen-bond acceptors (Lipinski definition) is 5. The van der Waals surface area contributed by atoms with Crippen LogP contribution < -0.4 is 19.5 Å². The molecule has 0 aliphatic carbocycles. The van der Waals surface area contributed by atoms with Crippen LogP contribution >= 0.6 is 0 Å². The number of aromatic hydroxyl groups is 1. The topological polar surface area (TPSA) is 60.0 Å². The number of para-hydroxylation sites is 1. The predicted octanol–water partition coefficient (Wildman–Crippen LogP) is 4.42. The lowest BCUT2D eigenvalue weighted by atomic mass is 10.0. The zero-order chi connectivity index (χ0) is 20.6. The molecule has 3 aromatic carbocycles. The molecular formula is C24H27NO4. The minimum Gasteiger partial charge on any atom is -0.507 e. The molecule has 0 aliphatic rings. The quantitative estimate of drug-likeness (QED) is 0.527. The van der Waals surface area contributed by atoms with Gasteiger partial charge in [-0.2, -0.15) is 0 Å². The summed E-state index contributed by atoms with van der Waals surface area (Å²) in [6.45, 7) is 1.29. The number of methoxy groups -OCH3 is 3. The van der Waals surface area contributed by atoms with E-state index in [1.54, 1.807) is 21.3 Å². The summed E-state index contributed by atoms with van der Waals surface area (Å²) in [4.78, 5) is 0. The van der Waals surface area contributed by atoms with Crippen molar-refractivity contribution < 1.29 is 19.3 Å². The third-order valence-electron chi connectivity index (χ3n) is 4.88. The largest absolute Gasteiger partial charge is 0.507 e. The van der Waals surface area contributed by atoms with Crippen molar-refractivity contribution in [3.63, 3.8) is 0 Å². The second kappa shape index (κ2) is 9.85. The minimum absolute atomic E-state index is 0.315. The minimum atomic E-state index is 0.315. The fourth-order valence-corrected chi connectivity index (χ4v) is 3.32. The van der Waals surface area contributed by atoms with Gasteiger partial charge in [0.2, 0.25) is 0 Å². The molecule has 0 heterocycles. The molecule has 5 heteroatoms. The zero-order valence-corrected chi connectivity index (χ0v) is 17.1. The van der Waals surface area contributed by atoms with Gasteiger partial charge in [0, 0.05) is 23.7 Å². The van der Waals surface area contributed by atoms with Crippen LogP contribution in [0, 0.1) is 0 Å². The van der Waals surface area contributed by atoms with E-state index in [4.69, 9.17) is 14.2 Å². The van der Waals surface area contributed by atoms with Crippen molar-refractivity contribution in [1.29, 1.82) is 0 Å². The second-order valence-corrected chi connectivity index (χ2v) is 6.63. The van der Waals surface area contributed by atoms with Crippen LogP contribution in [-0.4, -0.2) is 33.0 Å². The molecule has 152 valence electrons. The standard InChI is InChI=1S/C24H27NO4/c1-27-21-15-23(29-3)22(28-2)14-18(21)12-13-25-16-19-10-7-11-20(24(19)26)17-8-5-4-6-9-17/h4-11,14-15,25-26H,12-13,16H2,1-3H3. The highest BCUT2D eigenvalue weighted by Crippen LogP contribution is 2.35. The first-order chi connectivity index (χ1) is 14.2. The van der Waals surface area contributed by atoms with E-state index in [1.165, 1.54) is 0 Å². The van der Waals surface area contributed by atoms with Crippen LogP contribution in [0.4, 0.5) is 0 Å². The van der Waals surface area contributed by atoms with E-state index in [1.807, 2.05) is 60.7 Å². The summed E-state index contributed by atoms with van der Waals surface area (Å²) >= 11 is 0. The lowest BCUT2D eigenvalue weighted by molar-refractivity contribution is 0.347. The summed E-state index contributed by atoms with van der Waals surface area (Å²) in [5, 5.41) is 14.1. The fourth-order valence-electron chi connectivity index (χ4n) is 3.32. The lowest BCUT2D eigenvalue weighted by Crippen LogP contribution is -2.17. The number of ether oxygens (including phenoxy) is 3. The molecule has 0 amide bonds. The monoisotopic (exact) mass is 393 g/mol. The molecule has 2 N–H and O–H groups in total. The van der Waals surface area contributed by atoms with E-state index < -0.39 is 0 Å². The highest BCUT2D eigenvalue weighted by Gasteiger charge is 2.12. The Hall–Kier alpha value is -3.18. The third-order valence-corrected chi connectivity index (χ3v) is 4.88. The Morgan fingerprint density at radius 2 is 1.45 bits per heavy atom. The Balaban J connectivity index is 1.66. The van der Waals surface area contributed by atoms with Gasteiger partial charge in [-0.3, -0.25) is 0 Å². The van der Waals surface area contributed by atoms with Crippen molar-refractivity contribution in [1.82, 2.24) is 5.32 Å². The van der Waals surface area contributed by atoms with Gasteiger partial charge >= 0.3 is 0 Å². The molecule has 3 aromatic rings. The Morgan fingerprint density at radius 3 is 2.14 bits per heavy atom. The SMILES string of the molecule is COc1cc(OC)c(OC)cc1CCNCc1cccc(-c2ccccc2)c1O. The predicted molar refractivity (Wildman–Crippen MR) is 115 cm³/mol. The fraction of sp³-hybridized carbons (Fsp3) is 0.250. The van der Waals surface area contributed by atoms with Gasteiger partial charge in [0.25, 0.3) is 0 Å². The van der Waals surface area contributed by atoms with E-state index in [9.17, 15) is 5.11 Å². The Labute approximate surface area is 171 Å². The maximum Gasteiger partial charge on any atom is 0.164 e. The number of nitrogens with one attached hydrogen (secondary N) is 1. The van der Waals surface area contributed by atoms with Crippen molar-refractivity contribution in [2.24, 2.45) is 0 Å². The van der Waals surface area contributed by atoms with Crippen LogP contribution in [0.3, 0.4) is 0 Å². The van der Waals surface area contributed by atoms with E-state index in [2.05, 4.69) is 5.32 Å². The number of benzene rings is 3. The van der Waals surface area contributed by atoms with E-state index in [-0.39, 0.29) is 0 Å². The normalized spacial score (nSPS) is 10.6. The molecule has 29 heavy (non-hydrogen) atoms. The van der Waals surface area contributed by atoms with Crippen molar-refractivity contribution in [3.05, 3.63) is 71.8 Å². The maximum atomic E-state index is 10.7. The molecule has 0 fully saturated rings. The second-order valence-electron chi connectivity index (χ2n) is 6.63. The molecule has 0 unspecified atom stereocenters. The summed E-state index contributed by atoms with van der Waals surface area (Å²) in [6.07, 6.45) is 0.753. The Kier molecular flexibility index (Phi) is 6.98. The molecule has 5 nitrogen and oxygen atoms in total. The Morgan fingerprint density at radius 1 is 0.759 bits per heavy atom. The molecular weight excluding hydrogens is 366 g/mol. The first-order valence-corrected chi connectivity index (χ1v) is 9.53. The number of rotatable bonds is 9. The van der Waals surface area contributed by atoms with Gasteiger partial charge in [0.15, 0.2) is 11.5 Å². The van der Waals surface area contributed by atoms with Gasteiger partial charge in [-0.25, -0.2) is 0 Å². The third kappa shape index (κ3) is 4.81. The first-order valence-electron chi connectivity index (χ1n) is 9.53. The molecule has 0 aromatic heterocycles. The van der Waals surface area contributed by atoms with Crippen molar-refractivity contribution in [2.75, 3.05) is 27.9 Å². The van der Waals surface area contributed by atoms with Gasteiger partial charge in [0.1, 0.15) is 11.5 Å². The average molecular weight is 393 g/mol. The van der Waals surface area contributed by atoms with Gasteiger partial charge in [-0.05, 0) is 30.2 Å². The molecule has 0 aliphatic heterocycles. The van der Waals surface area contributed by atoms with Crippen LogP contribution in [0.2, 0.25) is 0 Å². The summed E-state index contributed by atoms with van der Waals surface area (Å²) < 4.78 is 16.2. The Bertz CT molecular complexity index is 941. The summed E-state index contributed by atoms with van der Waals surface area (Å²) in [6, 6.07) is 19.5. The molecule has 0 bridgehead atoms. The molecule has 0 spiro atoms. The maximum absolute atomic E-state index is 10.7. The van der Waals surface area contributed by atoms with Crippen LogP contribution in [0.1, 0.15) is 11.1 Å². The summed E-state index contributed by atoms with van der Waals surface area (Å²) in [5.41, 5.74) is 3.74. The highest BCUT2D eigenvalue weighted by atomic mass is 16.5. The summed E-state index contributed by atoms with van der Waals surface area (Å²) in [5.74, 6) is 2.40. The van der Waals surface area contributed by atoms with Gasteiger partial charge in [-0.15, -0.1) is 0 Å². The number of phenolic OH excluding ortho intramolecular Hbond substituents is 1. The highest BCUT2D eigenvalue weighted by molar-refractivity contribution is 5.71. The van der Waals surface area contributed by atoms with Crippen LogP contribution in [0.5, 0.6) is 23.0 Å². The van der Waals surface area contributed by atoms with Gasteiger partial charge in [-0.1, -0.05) is 48.5 Å². The molecule has 0 atom stereocenters. The van der Waals surface area contributed by atoms with Crippen molar-refractivity contribution in [2.45, 2.75) is 13.0 Å². The van der Waals surface area contributed by atoms with Crippen molar-refractivity contribution in [3.8, 4) is 34.1 Å². The van der Waals surface area contributed by atoms with Gasteiger partial charge < -0.3 is 24.6 Å². The molecule has 3 rings (SSSR count). The average Bonchev–Trinajstić information content (AvgIpc) is 2.77. The molecule has 0 saturated heterocycles.